The molecule has 0 saturated heterocycles. The van der Waals surface area contributed by atoms with Gasteiger partial charge in [0.2, 0.25) is 0 Å². The van der Waals surface area contributed by atoms with Gasteiger partial charge in [0.1, 0.15) is 0 Å². The number of rotatable bonds is 5. The Hall–Kier alpha value is -1.94. The fraction of sp³-hybridized carbons (Fsp3) is 0.611. The van der Waals surface area contributed by atoms with Gasteiger partial charge in [-0.05, 0) is 114 Å². The number of hydrogen-bond acceptors (Lipinski definition) is 3. The van der Waals surface area contributed by atoms with Gasteiger partial charge >= 0.3 is 0 Å². The second kappa shape index (κ2) is 10.5. The van der Waals surface area contributed by atoms with Crippen molar-refractivity contribution in [1.29, 1.82) is 0 Å². The van der Waals surface area contributed by atoms with Gasteiger partial charge in [-0.25, -0.2) is 0 Å². The van der Waals surface area contributed by atoms with Crippen LogP contribution >= 0.6 is 0 Å². The standard InChI is InChI=1S/C36H48O3/c1-23(14-15-28(24-10-6-4-7-11-24)25-12-8-5-9-13-25)29-16-17-30-34-31(22-33(39)36(29,30)3)35(2)19-18-27(37)20-26(35)21-32(34)38/h4-13,15,23,26-27,29-34,37-39H,14,16-22H2,1-3H3/t23-,26-,27+,29+,30+,31-,32+,33-,34+,35-,36+/m0/s1. The van der Waals surface area contributed by atoms with Gasteiger partial charge in [0.05, 0.1) is 18.3 Å². The number of fused-ring (bicyclic) bond motifs is 5. The molecule has 210 valence electrons. The topological polar surface area (TPSA) is 60.7 Å². The molecule has 3 nitrogen and oxygen atoms in total. The lowest BCUT2D eigenvalue weighted by molar-refractivity contribution is -0.206. The van der Waals surface area contributed by atoms with Crippen LogP contribution in [0.3, 0.4) is 0 Å². The molecule has 2 aromatic carbocycles. The molecular formula is C36H48O3. The minimum Gasteiger partial charge on any atom is -0.393 e. The zero-order valence-corrected chi connectivity index (χ0v) is 24.0. The van der Waals surface area contributed by atoms with Crippen LogP contribution in [0.1, 0.15) is 83.3 Å². The Morgan fingerprint density at radius 3 is 2.13 bits per heavy atom. The van der Waals surface area contributed by atoms with Crippen molar-refractivity contribution in [2.45, 2.75) is 90.4 Å². The van der Waals surface area contributed by atoms with E-state index in [0.29, 0.717) is 29.6 Å². The molecular weight excluding hydrogens is 480 g/mol. The highest BCUT2D eigenvalue weighted by atomic mass is 16.3. The third-order valence-corrected chi connectivity index (χ3v) is 12.4. The maximum atomic E-state index is 11.9. The lowest BCUT2D eigenvalue weighted by atomic mass is 9.43. The first-order chi connectivity index (χ1) is 18.7. The summed E-state index contributed by atoms with van der Waals surface area (Å²) in [6.45, 7) is 7.16. The van der Waals surface area contributed by atoms with Gasteiger partial charge in [0, 0.05) is 0 Å². The fourth-order valence-electron chi connectivity index (χ4n) is 10.2. The van der Waals surface area contributed by atoms with E-state index in [-0.39, 0.29) is 35.1 Å². The van der Waals surface area contributed by atoms with E-state index >= 15 is 0 Å². The van der Waals surface area contributed by atoms with Crippen molar-refractivity contribution >= 4 is 5.57 Å². The Balaban J connectivity index is 1.26. The molecule has 39 heavy (non-hydrogen) atoms. The Kier molecular flexibility index (Phi) is 7.31. The molecule has 0 amide bonds. The third kappa shape index (κ3) is 4.53. The first-order valence-electron chi connectivity index (χ1n) is 15.6. The number of benzene rings is 2. The van der Waals surface area contributed by atoms with Crippen LogP contribution in [0.25, 0.3) is 5.57 Å². The highest BCUT2D eigenvalue weighted by Crippen LogP contribution is 2.68. The first-order valence-corrected chi connectivity index (χ1v) is 15.6. The monoisotopic (exact) mass is 528 g/mol. The molecule has 4 aliphatic carbocycles. The molecule has 11 atom stereocenters. The molecule has 4 saturated carbocycles. The van der Waals surface area contributed by atoms with Gasteiger partial charge < -0.3 is 15.3 Å². The normalized spacial score (nSPS) is 42.1. The summed E-state index contributed by atoms with van der Waals surface area (Å²) in [7, 11) is 0. The molecule has 3 N–H and O–H groups in total. The van der Waals surface area contributed by atoms with Crippen LogP contribution in [-0.2, 0) is 0 Å². The van der Waals surface area contributed by atoms with Gasteiger partial charge in [-0.2, -0.15) is 0 Å². The van der Waals surface area contributed by atoms with E-state index in [4.69, 9.17) is 0 Å². The van der Waals surface area contributed by atoms with Crippen molar-refractivity contribution in [2.75, 3.05) is 0 Å². The second-order valence-corrected chi connectivity index (χ2v) is 14.1. The zero-order chi connectivity index (χ0) is 27.4. The molecule has 0 heterocycles. The van der Waals surface area contributed by atoms with E-state index in [1.807, 2.05) is 0 Å². The van der Waals surface area contributed by atoms with Crippen LogP contribution in [0.4, 0.5) is 0 Å². The first kappa shape index (κ1) is 27.2. The highest BCUT2D eigenvalue weighted by Gasteiger charge is 2.65. The number of aliphatic hydroxyl groups is 3. The smallest absolute Gasteiger partial charge is 0.0602 e. The SMILES string of the molecule is C[C@@H](CC=C(c1ccccc1)c1ccccc1)[C@H]1CC[C@@H]2[C@H]3[C@H](O)C[C@@H]4C[C@H](O)CC[C@]4(C)[C@H]3C[C@H](O)[C@@]21C. The summed E-state index contributed by atoms with van der Waals surface area (Å²) < 4.78 is 0. The largest absolute Gasteiger partial charge is 0.393 e. The summed E-state index contributed by atoms with van der Waals surface area (Å²) in [5.41, 5.74) is 3.74. The van der Waals surface area contributed by atoms with Crippen LogP contribution in [0.5, 0.6) is 0 Å². The maximum absolute atomic E-state index is 11.9. The molecule has 0 unspecified atom stereocenters. The molecule has 6 rings (SSSR count). The van der Waals surface area contributed by atoms with E-state index in [2.05, 4.69) is 87.5 Å². The number of allylic oxidation sites excluding steroid dienone is 1. The molecule has 3 heteroatoms. The third-order valence-electron chi connectivity index (χ3n) is 12.4. The Morgan fingerprint density at radius 2 is 1.49 bits per heavy atom. The average molecular weight is 529 g/mol. The van der Waals surface area contributed by atoms with Gasteiger partial charge in [0.25, 0.3) is 0 Å². The van der Waals surface area contributed by atoms with Crippen LogP contribution < -0.4 is 0 Å². The molecule has 0 spiro atoms. The average Bonchev–Trinajstić information content (AvgIpc) is 3.30. The molecule has 0 aromatic heterocycles. The summed E-state index contributed by atoms with van der Waals surface area (Å²) in [6, 6.07) is 21.4. The van der Waals surface area contributed by atoms with Crippen LogP contribution in [0.15, 0.2) is 66.7 Å². The van der Waals surface area contributed by atoms with Crippen LogP contribution in [0.2, 0.25) is 0 Å². The van der Waals surface area contributed by atoms with E-state index in [1.165, 1.54) is 16.7 Å². The minimum atomic E-state index is -0.333. The lowest BCUT2D eigenvalue weighted by Gasteiger charge is -2.63. The van der Waals surface area contributed by atoms with Gasteiger partial charge in [-0.15, -0.1) is 0 Å². The summed E-state index contributed by atoms with van der Waals surface area (Å²) in [5, 5.41) is 33.9. The van der Waals surface area contributed by atoms with Crippen LogP contribution in [-0.4, -0.2) is 33.6 Å². The minimum absolute atomic E-state index is 0.123. The second-order valence-electron chi connectivity index (χ2n) is 14.1. The van der Waals surface area contributed by atoms with Crippen molar-refractivity contribution in [3.8, 4) is 0 Å². The molecule has 4 fully saturated rings. The quantitative estimate of drug-likeness (QED) is 0.388. The van der Waals surface area contributed by atoms with Crippen molar-refractivity contribution in [1.82, 2.24) is 0 Å². The predicted octanol–water partition coefficient (Wildman–Crippen LogP) is 7.11. The summed E-state index contributed by atoms with van der Waals surface area (Å²) in [6.07, 6.45) is 9.09. The van der Waals surface area contributed by atoms with E-state index in [1.54, 1.807) is 0 Å². The van der Waals surface area contributed by atoms with Crippen molar-refractivity contribution in [2.24, 2.45) is 46.3 Å². The van der Waals surface area contributed by atoms with Crippen molar-refractivity contribution < 1.29 is 15.3 Å². The lowest BCUT2D eigenvalue weighted by Crippen LogP contribution is -2.62. The van der Waals surface area contributed by atoms with E-state index in [9.17, 15) is 15.3 Å². The van der Waals surface area contributed by atoms with Crippen molar-refractivity contribution in [3.63, 3.8) is 0 Å². The summed E-state index contributed by atoms with van der Waals surface area (Å²) >= 11 is 0. The Labute approximate surface area is 235 Å². The highest BCUT2D eigenvalue weighted by molar-refractivity contribution is 5.79. The molecule has 4 aliphatic rings. The maximum Gasteiger partial charge on any atom is 0.0602 e. The fourth-order valence-corrected chi connectivity index (χ4v) is 10.2. The predicted molar refractivity (Wildman–Crippen MR) is 158 cm³/mol. The zero-order valence-electron chi connectivity index (χ0n) is 24.0. The Morgan fingerprint density at radius 1 is 0.846 bits per heavy atom. The summed E-state index contributed by atoms with van der Waals surface area (Å²) in [5.74, 6) is 2.24. The number of hydrogen-bond donors (Lipinski definition) is 3. The van der Waals surface area contributed by atoms with Crippen molar-refractivity contribution in [3.05, 3.63) is 77.9 Å². The van der Waals surface area contributed by atoms with E-state index < -0.39 is 0 Å². The molecule has 0 radical (unpaired) electrons. The molecule has 0 aliphatic heterocycles. The van der Waals surface area contributed by atoms with E-state index in [0.717, 1.165) is 51.4 Å². The Bertz CT molecular complexity index is 1120. The van der Waals surface area contributed by atoms with Gasteiger partial charge in [0.15, 0.2) is 0 Å². The molecule has 2 aromatic rings. The van der Waals surface area contributed by atoms with Gasteiger partial charge in [-0.3, -0.25) is 0 Å². The van der Waals surface area contributed by atoms with Crippen LogP contribution in [0, 0.1) is 46.3 Å². The summed E-state index contributed by atoms with van der Waals surface area (Å²) in [4.78, 5) is 0. The van der Waals surface area contributed by atoms with Gasteiger partial charge in [-0.1, -0.05) is 87.5 Å². The molecule has 0 bridgehead atoms. The number of aliphatic hydroxyl groups excluding tert-OH is 3.